The molecule has 3 N–H and O–H groups in total. The third kappa shape index (κ3) is 4.24. The number of hydrogen-bond acceptors (Lipinski definition) is 3. The highest BCUT2D eigenvalue weighted by atomic mass is 35.5. The molecular formula is C18H22ClFN2O2. The predicted molar refractivity (Wildman–Crippen MR) is 94.7 cm³/mol. The molecule has 2 aromatic carbocycles. The minimum absolute atomic E-state index is 0. The van der Waals surface area contributed by atoms with E-state index in [4.69, 9.17) is 10.5 Å². The first-order valence-corrected chi connectivity index (χ1v) is 7.35. The molecule has 2 rings (SSSR count). The minimum atomic E-state index is -1.17. The molecule has 0 bridgehead atoms. The Kier molecular flexibility index (Phi) is 6.75. The van der Waals surface area contributed by atoms with E-state index in [1.165, 1.54) is 19.2 Å². The standard InChI is InChI=1S/C18H21FN2O2.ClH/c1-12(13-9-10-16(23-3)15(19)11-13)21-17(22)18(2,20)14-7-5-4-6-8-14;/h4-12H,20H2,1-3H3,(H,21,22);1H. The maximum atomic E-state index is 13.8. The molecule has 2 atom stereocenters. The average Bonchev–Trinajstić information content (AvgIpc) is 2.55. The second-order valence-electron chi connectivity index (χ2n) is 5.66. The Morgan fingerprint density at radius 2 is 1.88 bits per heavy atom. The van der Waals surface area contributed by atoms with Crippen molar-refractivity contribution < 1.29 is 13.9 Å². The van der Waals surface area contributed by atoms with Gasteiger partial charge in [0.1, 0.15) is 5.54 Å². The number of nitrogens with two attached hydrogens (primary N) is 1. The number of carbonyl (C=O) groups is 1. The maximum absolute atomic E-state index is 13.8. The van der Waals surface area contributed by atoms with E-state index >= 15 is 0 Å². The van der Waals surface area contributed by atoms with E-state index in [0.717, 1.165) is 0 Å². The highest BCUT2D eigenvalue weighted by Crippen LogP contribution is 2.23. The Labute approximate surface area is 147 Å². The first kappa shape index (κ1) is 19.9. The van der Waals surface area contributed by atoms with Crippen molar-refractivity contribution in [3.63, 3.8) is 0 Å². The van der Waals surface area contributed by atoms with Crippen molar-refractivity contribution in [1.29, 1.82) is 0 Å². The molecule has 0 heterocycles. The summed E-state index contributed by atoms with van der Waals surface area (Å²) in [6, 6.07) is 13.3. The lowest BCUT2D eigenvalue weighted by molar-refractivity contribution is -0.126. The fraction of sp³-hybridized carbons (Fsp3) is 0.278. The molecule has 0 saturated heterocycles. The summed E-state index contributed by atoms with van der Waals surface area (Å²) in [4.78, 5) is 12.5. The lowest BCUT2D eigenvalue weighted by Crippen LogP contribution is -2.49. The van der Waals surface area contributed by atoms with Crippen molar-refractivity contribution in [2.75, 3.05) is 7.11 Å². The van der Waals surface area contributed by atoms with E-state index in [2.05, 4.69) is 5.32 Å². The summed E-state index contributed by atoms with van der Waals surface area (Å²) in [6.07, 6.45) is 0. The average molecular weight is 353 g/mol. The molecule has 6 heteroatoms. The van der Waals surface area contributed by atoms with Gasteiger partial charge in [0.25, 0.3) is 0 Å². The summed E-state index contributed by atoms with van der Waals surface area (Å²) in [5.74, 6) is -0.627. The van der Waals surface area contributed by atoms with Crippen molar-refractivity contribution in [2.24, 2.45) is 5.73 Å². The summed E-state index contributed by atoms with van der Waals surface area (Å²) in [5, 5.41) is 2.83. The Hall–Kier alpha value is -2.11. The summed E-state index contributed by atoms with van der Waals surface area (Å²) in [5.41, 5.74) is 6.36. The Bertz CT molecular complexity index is 693. The molecule has 0 aliphatic rings. The molecule has 24 heavy (non-hydrogen) atoms. The van der Waals surface area contributed by atoms with E-state index in [1.807, 2.05) is 18.2 Å². The number of amides is 1. The number of ether oxygens (including phenoxy) is 1. The van der Waals surface area contributed by atoms with Crippen LogP contribution in [-0.4, -0.2) is 13.0 Å². The van der Waals surface area contributed by atoms with Gasteiger partial charge in [0.05, 0.1) is 13.2 Å². The van der Waals surface area contributed by atoms with Crippen molar-refractivity contribution in [1.82, 2.24) is 5.32 Å². The SMILES string of the molecule is COc1ccc(C(C)NC(=O)C(C)(N)c2ccccc2)cc1F.Cl. The van der Waals surface area contributed by atoms with Crippen LogP contribution < -0.4 is 15.8 Å². The predicted octanol–water partition coefficient (Wildman–Crippen LogP) is 3.31. The topological polar surface area (TPSA) is 64.3 Å². The molecule has 2 aromatic rings. The van der Waals surface area contributed by atoms with Gasteiger partial charge in [0, 0.05) is 0 Å². The van der Waals surface area contributed by atoms with E-state index < -0.39 is 11.4 Å². The van der Waals surface area contributed by atoms with Crippen molar-refractivity contribution >= 4 is 18.3 Å². The second kappa shape index (κ2) is 8.13. The van der Waals surface area contributed by atoms with Gasteiger partial charge in [0.2, 0.25) is 5.91 Å². The summed E-state index contributed by atoms with van der Waals surface area (Å²) in [6.45, 7) is 3.43. The van der Waals surface area contributed by atoms with Gasteiger partial charge in [-0.3, -0.25) is 4.79 Å². The molecule has 0 aromatic heterocycles. The first-order valence-electron chi connectivity index (χ1n) is 7.35. The van der Waals surface area contributed by atoms with Crippen LogP contribution in [0.1, 0.15) is 31.0 Å². The lowest BCUT2D eigenvalue weighted by Gasteiger charge is -2.26. The van der Waals surface area contributed by atoms with Gasteiger partial charge < -0.3 is 15.8 Å². The molecule has 1 amide bonds. The number of rotatable bonds is 5. The largest absolute Gasteiger partial charge is 0.494 e. The lowest BCUT2D eigenvalue weighted by atomic mass is 9.91. The van der Waals surface area contributed by atoms with Gasteiger partial charge in [-0.2, -0.15) is 0 Å². The zero-order valence-electron chi connectivity index (χ0n) is 13.9. The maximum Gasteiger partial charge on any atom is 0.244 e. The zero-order valence-corrected chi connectivity index (χ0v) is 14.7. The van der Waals surface area contributed by atoms with Crippen molar-refractivity contribution in [3.8, 4) is 5.75 Å². The van der Waals surface area contributed by atoms with Crippen LogP contribution in [0, 0.1) is 5.82 Å². The van der Waals surface area contributed by atoms with E-state index in [0.29, 0.717) is 11.1 Å². The molecule has 0 saturated carbocycles. The normalized spacial score (nSPS) is 14.0. The summed E-state index contributed by atoms with van der Waals surface area (Å²) in [7, 11) is 1.41. The van der Waals surface area contributed by atoms with Gasteiger partial charge in [-0.05, 0) is 37.1 Å². The fourth-order valence-electron chi connectivity index (χ4n) is 2.30. The number of benzene rings is 2. The second-order valence-corrected chi connectivity index (χ2v) is 5.66. The van der Waals surface area contributed by atoms with E-state index in [-0.39, 0.29) is 30.1 Å². The Morgan fingerprint density at radius 3 is 2.42 bits per heavy atom. The number of halogens is 2. The summed E-state index contributed by atoms with van der Waals surface area (Å²) < 4.78 is 18.7. The van der Waals surface area contributed by atoms with Gasteiger partial charge in [-0.1, -0.05) is 36.4 Å². The molecule has 0 radical (unpaired) electrons. The van der Waals surface area contributed by atoms with E-state index in [1.54, 1.807) is 32.0 Å². The van der Waals surface area contributed by atoms with Crippen LogP contribution in [0.4, 0.5) is 4.39 Å². The number of methoxy groups -OCH3 is 1. The molecule has 4 nitrogen and oxygen atoms in total. The van der Waals surface area contributed by atoms with Gasteiger partial charge >= 0.3 is 0 Å². The minimum Gasteiger partial charge on any atom is -0.494 e. The van der Waals surface area contributed by atoms with Crippen molar-refractivity contribution in [3.05, 3.63) is 65.5 Å². The van der Waals surface area contributed by atoms with Crippen LogP contribution in [-0.2, 0) is 10.3 Å². The van der Waals surface area contributed by atoms with Gasteiger partial charge in [-0.15, -0.1) is 12.4 Å². The summed E-state index contributed by atoms with van der Waals surface area (Å²) >= 11 is 0. The molecule has 130 valence electrons. The third-order valence-corrected chi connectivity index (χ3v) is 3.87. The third-order valence-electron chi connectivity index (χ3n) is 3.87. The van der Waals surface area contributed by atoms with Gasteiger partial charge in [0.15, 0.2) is 11.6 Å². The number of carbonyl (C=O) groups excluding carboxylic acids is 1. The molecule has 0 aliphatic heterocycles. The highest BCUT2D eigenvalue weighted by Gasteiger charge is 2.31. The molecule has 0 spiro atoms. The molecule has 0 fully saturated rings. The molecule has 0 aliphatic carbocycles. The zero-order chi connectivity index (χ0) is 17.0. The Balaban J connectivity index is 0.00000288. The van der Waals surface area contributed by atoms with Crippen LogP contribution in [0.2, 0.25) is 0 Å². The van der Waals surface area contributed by atoms with Gasteiger partial charge in [-0.25, -0.2) is 4.39 Å². The number of hydrogen-bond donors (Lipinski definition) is 2. The first-order chi connectivity index (χ1) is 10.9. The number of nitrogens with one attached hydrogen (secondary N) is 1. The van der Waals surface area contributed by atoms with Crippen LogP contribution in [0.25, 0.3) is 0 Å². The van der Waals surface area contributed by atoms with Crippen LogP contribution in [0.15, 0.2) is 48.5 Å². The molecule has 2 unspecified atom stereocenters. The van der Waals surface area contributed by atoms with Crippen LogP contribution in [0.5, 0.6) is 5.75 Å². The smallest absolute Gasteiger partial charge is 0.244 e. The van der Waals surface area contributed by atoms with Crippen LogP contribution in [0.3, 0.4) is 0 Å². The van der Waals surface area contributed by atoms with Crippen LogP contribution >= 0.6 is 12.4 Å². The monoisotopic (exact) mass is 352 g/mol. The fourth-order valence-corrected chi connectivity index (χ4v) is 2.30. The van der Waals surface area contributed by atoms with Crippen molar-refractivity contribution in [2.45, 2.75) is 25.4 Å². The molecular weight excluding hydrogens is 331 g/mol. The Morgan fingerprint density at radius 1 is 1.25 bits per heavy atom. The van der Waals surface area contributed by atoms with E-state index in [9.17, 15) is 9.18 Å². The highest BCUT2D eigenvalue weighted by molar-refractivity contribution is 5.87. The quantitative estimate of drug-likeness (QED) is 0.867.